The Bertz CT molecular complexity index is 747. The largest absolute Gasteiger partial charge is 0.0707 e. The van der Waals surface area contributed by atoms with Gasteiger partial charge in [0.15, 0.2) is 0 Å². The minimum atomic E-state index is -0.384. The maximum absolute atomic E-state index is 3.50. The summed E-state index contributed by atoms with van der Waals surface area (Å²) in [5.74, 6) is 0. The van der Waals surface area contributed by atoms with Crippen molar-refractivity contribution in [1.29, 1.82) is 0 Å². The van der Waals surface area contributed by atoms with Gasteiger partial charge in [-0.15, -0.1) is 0 Å². The predicted molar refractivity (Wildman–Crippen MR) is 104 cm³/mol. The molecule has 0 unspecified atom stereocenters. The molecule has 0 saturated carbocycles. The minimum Gasteiger partial charge on any atom is -0.0622 e. The zero-order valence-corrected chi connectivity index (χ0v) is 14.0. The molecule has 4 aromatic rings. The molecule has 0 heterocycles. The van der Waals surface area contributed by atoms with E-state index in [4.69, 9.17) is 0 Å². The smallest absolute Gasteiger partial charge is 0.0622 e. The van der Waals surface area contributed by atoms with Crippen LogP contribution in [0.4, 0.5) is 0 Å². The van der Waals surface area contributed by atoms with E-state index in [2.05, 4.69) is 109 Å². The summed E-state index contributed by atoms with van der Waals surface area (Å²) in [5, 5.41) is 0. The summed E-state index contributed by atoms with van der Waals surface area (Å²) in [6, 6.07) is 43.9. The second-order valence-corrected chi connectivity index (χ2v) is 6.12. The Kier molecular flexibility index (Phi) is 4.18. The molecular weight excluding hydrogens is 300 g/mol. The third kappa shape index (κ3) is 2.66. The van der Waals surface area contributed by atoms with Gasteiger partial charge in [0.05, 0.1) is 5.41 Å². The lowest BCUT2D eigenvalue weighted by Gasteiger charge is -2.36. The predicted octanol–water partition coefficient (Wildman–Crippen LogP) is 5.87. The van der Waals surface area contributed by atoms with E-state index in [1.54, 1.807) is 0 Å². The van der Waals surface area contributed by atoms with Gasteiger partial charge < -0.3 is 0 Å². The molecule has 0 bridgehead atoms. The molecule has 0 N–H and O–H groups in total. The fraction of sp³-hybridized carbons (Fsp3) is 0.0400. The van der Waals surface area contributed by atoms with Crippen molar-refractivity contribution in [1.82, 2.24) is 0 Å². The van der Waals surface area contributed by atoms with E-state index in [1.807, 2.05) is 12.1 Å². The summed E-state index contributed by atoms with van der Waals surface area (Å²) in [6.07, 6.45) is 0. The van der Waals surface area contributed by atoms with E-state index in [1.165, 1.54) is 16.7 Å². The molecular formula is C25H19. The van der Waals surface area contributed by atoms with E-state index in [0.29, 0.717) is 0 Å². The first kappa shape index (κ1) is 15.4. The Hall–Kier alpha value is -3.12. The molecule has 4 rings (SSSR count). The van der Waals surface area contributed by atoms with Crippen LogP contribution < -0.4 is 0 Å². The lowest BCUT2D eigenvalue weighted by atomic mass is 9.65. The molecule has 0 aliphatic carbocycles. The molecule has 25 heavy (non-hydrogen) atoms. The minimum absolute atomic E-state index is 0.384. The van der Waals surface area contributed by atoms with Crippen LogP contribution >= 0.6 is 0 Å². The quantitative estimate of drug-likeness (QED) is 0.413. The summed E-state index contributed by atoms with van der Waals surface area (Å²) < 4.78 is 0. The molecule has 0 nitrogen and oxygen atoms in total. The zero-order chi connectivity index (χ0) is 17.0. The highest BCUT2D eigenvalue weighted by molar-refractivity contribution is 5.59. The highest BCUT2D eigenvalue weighted by Gasteiger charge is 2.37. The van der Waals surface area contributed by atoms with Gasteiger partial charge in [-0.2, -0.15) is 0 Å². The van der Waals surface area contributed by atoms with E-state index in [-0.39, 0.29) is 5.41 Å². The second kappa shape index (κ2) is 6.78. The summed E-state index contributed by atoms with van der Waals surface area (Å²) >= 11 is 0. The normalized spacial score (nSPS) is 11.2. The van der Waals surface area contributed by atoms with Gasteiger partial charge >= 0.3 is 0 Å². The monoisotopic (exact) mass is 319 g/mol. The standard InChI is InChI=1S/C25H19/c1-5-13-21(14-6-1)25(22-15-7-2-8-16-22,23-17-9-3-10-18-23)24-19-11-4-12-20-24/h1-19H. The zero-order valence-electron chi connectivity index (χ0n) is 14.0. The van der Waals surface area contributed by atoms with E-state index < -0.39 is 0 Å². The van der Waals surface area contributed by atoms with Crippen molar-refractivity contribution in [2.75, 3.05) is 0 Å². The molecule has 0 saturated heterocycles. The molecule has 119 valence electrons. The SMILES string of the molecule is [c]1ccccc1C(c1ccccc1)(c1ccccc1)c1ccccc1. The summed E-state index contributed by atoms with van der Waals surface area (Å²) in [5.41, 5.74) is 4.50. The van der Waals surface area contributed by atoms with Crippen molar-refractivity contribution in [3.8, 4) is 0 Å². The molecule has 0 atom stereocenters. The topological polar surface area (TPSA) is 0 Å². The summed E-state index contributed by atoms with van der Waals surface area (Å²) in [4.78, 5) is 0. The average Bonchev–Trinajstić information content (AvgIpc) is 2.72. The van der Waals surface area contributed by atoms with Crippen LogP contribution in [0.5, 0.6) is 0 Å². The Balaban J connectivity index is 2.13. The fourth-order valence-electron chi connectivity index (χ4n) is 3.66. The first-order chi connectivity index (χ1) is 12.4. The lowest BCUT2D eigenvalue weighted by Crippen LogP contribution is -2.31. The number of hydrogen-bond donors (Lipinski definition) is 0. The van der Waals surface area contributed by atoms with Crippen LogP contribution in [0.2, 0.25) is 0 Å². The van der Waals surface area contributed by atoms with Gasteiger partial charge in [0.2, 0.25) is 0 Å². The van der Waals surface area contributed by atoms with Gasteiger partial charge in [-0.25, -0.2) is 0 Å². The molecule has 1 radical (unpaired) electrons. The van der Waals surface area contributed by atoms with Crippen LogP contribution in [-0.2, 0) is 5.41 Å². The Morgan fingerprint density at radius 3 is 1.20 bits per heavy atom. The second-order valence-electron chi connectivity index (χ2n) is 6.12. The van der Waals surface area contributed by atoms with Crippen molar-refractivity contribution in [3.05, 3.63) is 144 Å². The molecule has 0 amide bonds. The van der Waals surface area contributed by atoms with Crippen LogP contribution in [0.15, 0.2) is 115 Å². The molecule has 0 aromatic heterocycles. The third-order valence-electron chi connectivity index (χ3n) is 4.73. The van der Waals surface area contributed by atoms with Crippen molar-refractivity contribution < 1.29 is 0 Å². The van der Waals surface area contributed by atoms with Gasteiger partial charge in [-0.1, -0.05) is 115 Å². The Morgan fingerprint density at radius 2 is 0.840 bits per heavy atom. The van der Waals surface area contributed by atoms with E-state index in [9.17, 15) is 0 Å². The van der Waals surface area contributed by atoms with Gasteiger partial charge in [-0.05, 0) is 28.3 Å². The fourth-order valence-corrected chi connectivity index (χ4v) is 3.66. The first-order valence-corrected chi connectivity index (χ1v) is 8.56. The van der Waals surface area contributed by atoms with Crippen LogP contribution in [0.1, 0.15) is 22.3 Å². The maximum atomic E-state index is 3.50. The molecule has 0 fully saturated rings. The van der Waals surface area contributed by atoms with Crippen molar-refractivity contribution in [2.45, 2.75) is 5.41 Å². The highest BCUT2D eigenvalue weighted by atomic mass is 14.4. The molecule has 0 aliphatic rings. The number of hydrogen-bond acceptors (Lipinski definition) is 0. The van der Waals surface area contributed by atoms with Crippen molar-refractivity contribution >= 4 is 0 Å². The van der Waals surface area contributed by atoms with Crippen LogP contribution in [0.3, 0.4) is 0 Å². The molecule has 4 aromatic carbocycles. The summed E-state index contributed by atoms with van der Waals surface area (Å²) in [6.45, 7) is 0. The third-order valence-corrected chi connectivity index (χ3v) is 4.73. The van der Waals surface area contributed by atoms with Crippen LogP contribution in [0, 0.1) is 6.07 Å². The van der Waals surface area contributed by atoms with Gasteiger partial charge in [0.25, 0.3) is 0 Å². The molecule has 0 spiro atoms. The Labute approximate surface area is 149 Å². The lowest BCUT2D eigenvalue weighted by molar-refractivity contribution is 0.743. The molecule has 0 heteroatoms. The van der Waals surface area contributed by atoms with Gasteiger partial charge in [0.1, 0.15) is 0 Å². The van der Waals surface area contributed by atoms with Crippen LogP contribution in [-0.4, -0.2) is 0 Å². The number of rotatable bonds is 4. The first-order valence-electron chi connectivity index (χ1n) is 8.56. The highest BCUT2D eigenvalue weighted by Crippen LogP contribution is 2.44. The number of benzene rings is 4. The van der Waals surface area contributed by atoms with Gasteiger partial charge in [-0.3, -0.25) is 0 Å². The van der Waals surface area contributed by atoms with Crippen molar-refractivity contribution in [2.24, 2.45) is 0 Å². The summed E-state index contributed by atoms with van der Waals surface area (Å²) in [7, 11) is 0. The molecule has 0 aliphatic heterocycles. The van der Waals surface area contributed by atoms with Crippen molar-refractivity contribution in [3.63, 3.8) is 0 Å². The van der Waals surface area contributed by atoms with E-state index >= 15 is 0 Å². The van der Waals surface area contributed by atoms with Gasteiger partial charge in [0, 0.05) is 0 Å². The average molecular weight is 319 g/mol. The van der Waals surface area contributed by atoms with E-state index in [0.717, 1.165) is 5.56 Å². The Morgan fingerprint density at radius 1 is 0.440 bits per heavy atom. The maximum Gasteiger partial charge on any atom is 0.0707 e. The van der Waals surface area contributed by atoms with Crippen LogP contribution in [0.25, 0.3) is 0 Å².